The topological polar surface area (TPSA) is 49.4 Å². The summed E-state index contributed by atoms with van der Waals surface area (Å²) in [6, 6.07) is 26.3. The fourth-order valence-corrected chi connectivity index (χ4v) is 5.98. The van der Waals surface area contributed by atoms with E-state index in [2.05, 4.69) is 55.6 Å². The van der Waals surface area contributed by atoms with Gasteiger partial charge in [-0.3, -0.25) is 9.59 Å². The first kappa shape index (κ1) is 28.0. The van der Waals surface area contributed by atoms with E-state index in [1.165, 1.54) is 12.0 Å². The molecule has 0 aliphatic heterocycles. The van der Waals surface area contributed by atoms with Crippen LogP contribution in [0.1, 0.15) is 60.8 Å². The average molecular weight is 529 g/mol. The molecule has 4 nitrogen and oxygen atoms in total. The molecule has 1 fully saturated rings. The van der Waals surface area contributed by atoms with Crippen LogP contribution in [-0.4, -0.2) is 34.6 Å². The quantitative estimate of drug-likeness (QED) is 0.276. The molecule has 5 heteroatoms. The Morgan fingerprint density at radius 3 is 2.29 bits per heavy atom. The van der Waals surface area contributed by atoms with E-state index in [0.717, 1.165) is 47.3 Å². The van der Waals surface area contributed by atoms with Crippen molar-refractivity contribution in [2.24, 2.45) is 0 Å². The molecule has 1 aliphatic rings. The number of aryl methyl sites for hydroxylation is 2. The van der Waals surface area contributed by atoms with Gasteiger partial charge in [0.25, 0.3) is 0 Å². The Bertz CT molecular complexity index is 1170. The third-order valence-electron chi connectivity index (χ3n) is 7.26. The lowest BCUT2D eigenvalue weighted by Gasteiger charge is -2.33. The van der Waals surface area contributed by atoms with E-state index in [1.54, 1.807) is 11.8 Å². The van der Waals surface area contributed by atoms with Crippen molar-refractivity contribution in [2.45, 2.75) is 82.3 Å². The molecule has 0 spiro atoms. The summed E-state index contributed by atoms with van der Waals surface area (Å²) in [6.45, 7) is 4.56. The summed E-state index contributed by atoms with van der Waals surface area (Å²) >= 11 is 1.69. The van der Waals surface area contributed by atoms with Gasteiger partial charge in [0.05, 0.1) is 0 Å². The van der Waals surface area contributed by atoms with Gasteiger partial charge in [-0.05, 0) is 49.9 Å². The average Bonchev–Trinajstić information content (AvgIpc) is 2.93. The highest BCUT2D eigenvalue weighted by molar-refractivity contribution is 7.99. The second-order valence-corrected chi connectivity index (χ2v) is 11.6. The van der Waals surface area contributed by atoms with E-state index in [4.69, 9.17) is 0 Å². The molecule has 0 radical (unpaired) electrons. The van der Waals surface area contributed by atoms with Gasteiger partial charge >= 0.3 is 0 Å². The first-order chi connectivity index (χ1) is 18.5. The first-order valence-corrected chi connectivity index (χ1v) is 14.9. The van der Waals surface area contributed by atoms with Crippen LogP contribution in [0.15, 0.2) is 83.8 Å². The summed E-state index contributed by atoms with van der Waals surface area (Å²) in [5.41, 5.74) is 4.49. The van der Waals surface area contributed by atoms with Crippen LogP contribution in [0.3, 0.4) is 0 Å². The third kappa shape index (κ3) is 8.49. The Balaban J connectivity index is 1.56. The molecule has 38 heavy (non-hydrogen) atoms. The number of hydrogen-bond acceptors (Lipinski definition) is 3. The standard InChI is InChI=1S/C33H40N2O2S/c1-25-16-18-30(19-17-25)38-21-20-32(36)35(24-28-13-9-10-26(2)22-28)31(23-27-11-5-3-6-12-27)33(37)34-29-14-7-4-8-15-29/h3,5-6,9-13,16-19,22,29,31H,4,7-8,14-15,20-21,23-24H2,1-2H3,(H,34,37)/t31-/m0/s1. The van der Waals surface area contributed by atoms with Gasteiger partial charge in [-0.2, -0.15) is 0 Å². The maximum Gasteiger partial charge on any atom is 0.243 e. The summed E-state index contributed by atoms with van der Waals surface area (Å²) in [4.78, 5) is 30.7. The second-order valence-electron chi connectivity index (χ2n) is 10.5. The second kappa shape index (κ2) is 14.2. The van der Waals surface area contributed by atoms with E-state index >= 15 is 0 Å². The highest BCUT2D eigenvalue weighted by atomic mass is 32.2. The fourth-order valence-electron chi connectivity index (χ4n) is 5.14. The van der Waals surface area contributed by atoms with Crippen molar-refractivity contribution in [2.75, 3.05) is 5.75 Å². The van der Waals surface area contributed by atoms with Gasteiger partial charge in [0.2, 0.25) is 11.8 Å². The van der Waals surface area contributed by atoms with Crippen LogP contribution in [0.5, 0.6) is 0 Å². The summed E-state index contributed by atoms with van der Waals surface area (Å²) < 4.78 is 0. The van der Waals surface area contributed by atoms with Crippen LogP contribution < -0.4 is 5.32 Å². The molecule has 0 saturated heterocycles. The molecular formula is C33H40N2O2S. The number of carbonyl (C=O) groups excluding carboxylic acids is 2. The Morgan fingerprint density at radius 2 is 1.58 bits per heavy atom. The van der Waals surface area contributed by atoms with Gasteiger partial charge in [0, 0.05) is 36.1 Å². The van der Waals surface area contributed by atoms with E-state index in [1.807, 2.05) is 47.4 Å². The van der Waals surface area contributed by atoms with Gasteiger partial charge in [-0.25, -0.2) is 0 Å². The van der Waals surface area contributed by atoms with Crippen LogP contribution in [0.4, 0.5) is 0 Å². The Hall–Kier alpha value is -3.05. The van der Waals surface area contributed by atoms with Gasteiger partial charge in [-0.15, -0.1) is 11.8 Å². The van der Waals surface area contributed by atoms with E-state index in [0.29, 0.717) is 25.1 Å². The minimum atomic E-state index is -0.559. The van der Waals surface area contributed by atoms with Crippen molar-refractivity contribution in [3.8, 4) is 0 Å². The van der Waals surface area contributed by atoms with E-state index in [9.17, 15) is 9.59 Å². The molecule has 3 aromatic rings. The summed E-state index contributed by atoms with van der Waals surface area (Å²) in [6.07, 6.45) is 6.45. The van der Waals surface area contributed by atoms with Crippen LogP contribution in [0.2, 0.25) is 0 Å². The van der Waals surface area contributed by atoms with E-state index in [-0.39, 0.29) is 17.9 Å². The molecule has 1 aliphatic carbocycles. The lowest BCUT2D eigenvalue weighted by molar-refractivity contribution is -0.141. The Morgan fingerprint density at radius 1 is 0.868 bits per heavy atom. The van der Waals surface area contributed by atoms with Gasteiger partial charge in [0.1, 0.15) is 6.04 Å². The molecule has 4 rings (SSSR count). The normalized spacial score (nSPS) is 14.6. The predicted molar refractivity (Wildman–Crippen MR) is 157 cm³/mol. The molecule has 1 atom stereocenters. The summed E-state index contributed by atoms with van der Waals surface area (Å²) in [7, 11) is 0. The minimum absolute atomic E-state index is 0.0193. The van der Waals surface area contributed by atoms with Gasteiger partial charge in [0.15, 0.2) is 0 Å². The van der Waals surface area contributed by atoms with Crippen molar-refractivity contribution >= 4 is 23.6 Å². The molecule has 0 aromatic heterocycles. The largest absolute Gasteiger partial charge is 0.352 e. The summed E-state index contributed by atoms with van der Waals surface area (Å²) in [5.74, 6) is 0.660. The zero-order valence-corrected chi connectivity index (χ0v) is 23.5. The maximum atomic E-state index is 13.8. The number of nitrogens with zero attached hydrogens (tertiary/aromatic N) is 1. The summed E-state index contributed by atoms with van der Waals surface area (Å²) in [5, 5.41) is 3.32. The number of hydrogen-bond donors (Lipinski definition) is 1. The molecule has 3 aromatic carbocycles. The highest BCUT2D eigenvalue weighted by Crippen LogP contribution is 2.23. The highest BCUT2D eigenvalue weighted by Gasteiger charge is 2.31. The monoisotopic (exact) mass is 528 g/mol. The lowest BCUT2D eigenvalue weighted by Crippen LogP contribution is -2.52. The van der Waals surface area contributed by atoms with Gasteiger partial charge in [-0.1, -0.05) is 97.1 Å². The Kier molecular flexibility index (Phi) is 10.5. The lowest BCUT2D eigenvalue weighted by atomic mass is 9.94. The Labute approximate surface area is 232 Å². The molecule has 0 heterocycles. The van der Waals surface area contributed by atoms with Crippen LogP contribution in [0.25, 0.3) is 0 Å². The number of amides is 2. The molecular weight excluding hydrogens is 488 g/mol. The van der Waals surface area contributed by atoms with E-state index < -0.39 is 6.04 Å². The van der Waals surface area contributed by atoms with Crippen molar-refractivity contribution in [3.05, 3.63) is 101 Å². The van der Waals surface area contributed by atoms with Crippen molar-refractivity contribution in [1.82, 2.24) is 10.2 Å². The van der Waals surface area contributed by atoms with Crippen molar-refractivity contribution < 1.29 is 9.59 Å². The number of benzene rings is 3. The number of rotatable bonds is 11. The smallest absolute Gasteiger partial charge is 0.243 e. The third-order valence-corrected chi connectivity index (χ3v) is 8.28. The van der Waals surface area contributed by atoms with Crippen LogP contribution in [-0.2, 0) is 22.6 Å². The molecule has 1 N–H and O–H groups in total. The fraction of sp³-hybridized carbons (Fsp3) is 0.394. The van der Waals surface area contributed by atoms with Crippen molar-refractivity contribution in [1.29, 1.82) is 0 Å². The maximum absolute atomic E-state index is 13.8. The zero-order valence-electron chi connectivity index (χ0n) is 22.7. The number of carbonyl (C=O) groups is 2. The first-order valence-electron chi connectivity index (χ1n) is 13.9. The SMILES string of the molecule is Cc1ccc(SCCC(=O)N(Cc2cccc(C)c2)[C@@H](Cc2ccccc2)C(=O)NC2CCCCC2)cc1. The van der Waals surface area contributed by atoms with Crippen molar-refractivity contribution in [3.63, 3.8) is 0 Å². The molecule has 200 valence electrons. The number of thioether (sulfide) groups is 1. The minimum Gasteiger partial charge on any atom is -0.352 e. The zero-order chi connectivity index (χ0) is 26.7. The molecule has 2 amide bonds. The molecule has 1 saturated carbocycles. The van der Waals surface area contributed by atoms with Gasteiger partial charge < -0.3 is 10.2 Å². The number of nitrogens with one attached hydrogen (secondary N) is 1. The molecule has 0 unspecified atom stereocenters. The van der Waals surface area contributed by atoms with Crippen LogP contribution in [0, 0.1) is 13.8 Å². The van der Waals surface area contributed by atoms with Crippen LogP contribution >= 0.6 is 11.8 Å². The predicted octanol–water partition coefficient (Wildman–Crippen LogP) is 6.87. The molecule has 0 bridgehead atoms.